The van der Waals surface area contributed by atoms with E-state index >= 15 is 0 Å². The van der Waals surface area contributed by atoms with Crippen molar-refractivity contribution in [1.29, 1.82) is 0 Å². The maximum absolute atomic E-state index is 4.24. The topological polar surface area (TPSA) is 24.9 Å². The SMILES string of the molecule is CNc1cc(C)nc(C)c1. The smallest absolute Gasteiger partial charge is 0.0396 e. The summed E-state index contributed by atoms with van der Waals surface area (Å²) in [7, 11) is 1.91. The first-order valence-corrected chi connectivity index (χ1v) is 3.35. The molecule has 1 heterocycles. The van der Waals surface area contributed by atoms with Crippen molar-refractivity contribution in [3.05, 3.63) is 23.5 Å². The molecule has 0 saturated heterocycles. The van der Waals surface area contributed by atoms with E-state index in [0.717, 1.165) is 17.1 Å². The molecule has 0 bridgehead atoms. The second-order valence-electron chi connectivity index (χ2n) is 2.39. The van der Waals surface area contributed by atoms with E-state index in [1.54, 1.807) is 0 Å². The summed E-state index contributed by atoms with van der Waals surface area (Å²) in [5.41, 5.74) is 3.25. The zero-order valence-electron chi connectivity index (χ0n) is 6.60. The molecule has 0 spiro atoms. The summed E-state index contributed by atoms with van der Waals surface area (Å²) < 4.78 is 0. The zero-order chi connectivity index (χ0) is 7.56. The summed E-state index contributed by atoms with van der Waals surface area (Å²) in [5, 5.41) is 3.07. The van der Waals surface area contributed by atoms with Gasteiger partial charge in [0.2, 0.25) is 0 Å². The van der Waals surface area contributed by atoms with E-state index in [9.17, 15) is 0 Å². The molecule has 2 nitrogen and oxygen atoms in total. The fourth-order valence-corrected chi connectivity index (χ4v) is 0.979. The molecule has 54 valence electrons. The van der Waals surface area contributed by atoms with E-state index < -0.39 is 0 Å². The van der Waals surface area contributed by atoms with Crippen LogP contribution >= 0.6 is 0 Å². The molecule has 0 aliphatic rings. The third-order valence-electron chi connectivity index (χ3n) is 1.37. The number of aromatic nitrogens is 1. The number of hydrogen-bond acceptors (Lipinski definition) is 2. The molecule has 0 fully saturated rings. The predicted molar refractivity (Wildman–Crippen MR) is 43.3 cm³/mol. The fraction of sp³-hybridized carbons (Fsp3) is 0.375. The Kier molecular flexibility index (Phi) is 1.90. The Hall–Kier alpha value is -1.05. The lowest BCUT2D eigenvalue weighted by Crippen LogP contribution is -1.92. The minimum absolute atomic E-state index is 1.06. The molecular weight excluding hydrogens is 124 g/mol. The van der Waals surface area contributed by atoms with E-state index in [0.29, 0.717) is 0 Å². The number of hydrogen-bond donors (Lipinski definition) is 1. The highest BCUT2D eigenvalue weighted by atomic mass is 14.8. The Balaban J connectivity index is 3.06. The van der Waals surface area contributed by atoms with Gasteiger partial charge in [0.1, 0.15) is 0 Å². The number of anilines is 1. The van der Waals surface area contributed by atoms with Gasteiger partial charge in [-0.25, -0.2) is 0 Å². The molecule has 0 unspecified atom stereocenters. The average Bonchev–Trinajstić information content (AvgIpc) is 1.85. The molecule has 0 radical (unpaired) electrons. The normalized spacial score (nSPS) is 9.50. The second kappa shape index (κ2) is 2.69. The van der Waals surface area contributed by atoms with Crippen LogP contribution in [0.4, 0.5) is 5.69 Å². The predicted octanol–water partition coefficient (Wildman–Crippen LogP) is 1.74. The van der Waals surface area contributed by atoms with Gasteiger partial charge in [0, 0.05) is 24.1 Å². The molecule has 0 saturated carbocycles. The zero-order valence-corrected chi connectivity index (χ0v) is 6.60. The van der Waals surface area contributed by atoms with Crippen LogP contribution in [0, 0.1) is 13.8 Å². The second-order valence-corrected chi connectivity index (χ2v) is 2.39. The quantitative estimate of drug-likeness (QED) is 0.636. The summed E-state index contributed by atoms with van der Waals surface area (Å²) in [5.74, 6) is 0. The summed E-state index contributed by atoms with van der Waals surface area (Å²) in [4.78, 5) is 4.24. The van der Waals surface area contributed by atoms with Crippen molar-refractivity contribution in [3.8, 4) is 0 Å². The van der Waals surface area contributed by atoms with Crippen LogP contribution in [0.25, 0.3) is 0 Å². The molecule has 1 rings (SSSR count). The van der Waals surface area contributed by atoms with Crippen LogP contribution in [-0.2, 0) is 0 Å². The van der Waals surface area contributed by atoms with Crippen molar-refractivity contribution >= 4 is 5.69 Å². The van der Waals surface area contributed by atoms with Gasteiger partial charge in [-0.2, -0.15) is 0 Å². The Morgan fingerprint density at radius 1 is 1.20 bits per heavy atom. The van der Waals surface area contributed by atoms with E-state index in [4.69, 9.17) is 0 Å². The van der Waals surface area contributed by atoms with Crippen molar-refractivity contribution in [3.63, 3.8) is 0 Å². The summed E-state index contributed by atoms with van der Waals surface area (Å²) in [6, 6.07) is 4.04. The van der Waals surface area contributed by atoms with Crippen LogP contribution in [0.15, 0.2) is 12.1 Å². The maximum Gasteiger partial charge on any atom is 0.0396 e. The average molecular weight is 136 g/mol. The molecule has 0 amide bonds. The third kappa shape index (κ3) is 1.47. The molecular formula is C8H12N2. The maximum atomic E-state index is 4.24. The van der Waals surface area contributed by atoms with Crippen LogP contribution in [-0.4, -0.2) is 12.0 Å². The Morgan fingerprint density at radius 2 is 1.70 bits per heavy atom. The van der Waals surface area contributed by atoms with Crippen LogP contribution in [0.5, 0.6) is 0 Å². The standard InChI is InChI=1S/C8H12N2/c1-6-4-8(9-3)5-7(2)10-6/h4-5H,1-3H3,(H,9,10). The third-order valence-corrected chi connectivity index (χ3v) is 1.37. The lowest BCUT2D eigenvalue weighted by molar-refractivity contribution is 1.12. The number of rotatable bonds is 1. The molecule has 2 heteroatoms. The highest BCUT2D eigenvalue weighted by Gasteiger charge is 1.91. The molecule has 10 heavy (non-hydrogen) atoms. The van der Waals surface area contributed by atoms with Crippen molar-refractivity contribution in [2.75, 3.05) is 12.4 Å². The molecule has 1 aromatic rings. The molecule has 0 atom stereocenters. The van der Waals surface area contributed by atoms with Gasteiger partial charge >= 0.3 is 0 Å². The first kappa shape index (κ1) is 7.06. The van der Waals surface area contributed by atoms with Gasteiger partial charge in [-0.15, -0.1) is 0 Å². The van der Waals surface area contributed by atoms with Crippen LogP contribution in [0.2, 0.25) is 0 Å². The van der Waals surface area contributed by atoms with Crippen LogP contribution in [0.1, 0.15) is 11.4 Å². The number of aryl methyl sites for hydroxylation is 2. The van der Waals surface area contributed by atoms with Gasteiger partial charge in [0.25, 0.3) is 0 Å². The van der Waals surface area contributed by atoms with Gasteiger partial charge < -0.3 is 5.32 Å². The summed E-state index contributed by atoms with van der Waals surface area (Å²) >= 11 is 0. The Labute approximate surface area is 61.3 Å². The minimum Gasteiger partial charge on any atom is -0.388 e. The lowest BCUT2D eigenvalue weighted by Gasteiger charge is -2.01. The highest BCUT2D eigenvalue weighted by molar-refractivity contribution is 5.44. The van der Waals surface area contributed by atoms with Crippen LogP contribution in [0.3, 0.4) is 0 Å². The van der Waals surface area contributed by atoms with E-state index in [1.807, 2.05) is 33.0 Å². The van der Waals surface area contributed by atoms with Gasteiger partial charge in [-0.3, -0.25) is 4.98 Å². The van der Waals surface area contributed by atoms with Gasteiger partial charge in [0.15, 0.2) is 0 Å². The van der Waals surface area contributed by atoms with Crippen molar-refractivity contribution in [2.45, 2.75) is 13.8 Å². The van der Waals surface area contributed by atoms with Crippen molar-refractivity contribution in [2.24, 2.45) is 0 Å². The van der Waals surface area contributed by atoms with Gasteiger partial charge in [0.05, 0.1) is 0 Å². The van der Waals surface area contributed by atoms with Crippen molar-refractivity contribution in [1.82, 2.24) is 4.98 Å². The van der Waals surface area contributed by atoms with Crippen molar-refractivity contribution < 1.29 is 0 Å². The molecule has 0 aliphatic heterocycles. The van der Waals surface area contributed by atoms with E-state index in [2.05, 4.69) is 10.3 Å². The van der Waals surface area contributed by atoms with Crippen LogP contribution < -0.4 is 5.32 Å². The monoisotopic (exact) mass is 136 g/mol. The highest BCUT2D eigenvalue weighted by Crippen LogP contribution is 2.08. The molecule has 0 aromatic carbocycles. The van der Waals surface area contributed by atoms with E-state index in [1.165, 1.54) is 0 Å². The fourth-order valence-electron chi connectivity index (χ4n) is 0.979. The first-order chi connectivity index (χ1) is 4.72. The molecule has 1 aromatic heterocycles. The lowest BCUT2D eigenvalue weighted by atomic mass is 10.3. The largest absolute Gasteiger partial charge is 0.388 e. The first-order valence-electron chi connectivity index (χ1n) is 3.35. The Bertz CT molecular complexity index is 210. The Morgan fingerprint density at radius 3 is 2.10 bits per heavy atom. The summed E-state index contributed by atoms with van der Waals surface area (Å²) in [6.45, 7) is 3.99. The number of nitrogens with one attached hydrogen (secondary N) is 1. The van der Waals surface area contributed by atoms with E-state index in [-0.39, 0.29) is 0 Å². The molecule has 1 N–H and O–H groups in total. The summed E-state index contributed by atoms with van der Waals surface area (Å²) in [6.07, 6.45) is 0. The molecule has 0 aliphatic carbocycles. The number of nitrogens with zero attached hydrogens (tertiary/aromatic N) is 1. The van der Waals surface area contributed by atoms with Gasteiger partial charge in [-0.1, -0.05) is 0 Å². The number of pyridine rings is 1. The minimum atomic E-state index is 1.06. The van der Waals surface area contributed by atoms with Gasteiger partial charge in [-0.05, 0) is 26.0 Å².